The van der Waals surface area contributed by atoms with Gasteiger partial charge in [-0.2, -0.15) is 0 Å². The molecule has 0 bridgehead atoms. The molecule has 0 aromatic carbocycles. The third kappa shape index (κ3) is 2.23. The second kappa shape index (κ2) is 4.31. The van der Waals surface area contributed by atoms with Crippen LogP contribution in [0.2, 0.25) is 0 Å². The summed E-state index contributed by atoms with van der Waals surface area (Å²) in [5, 5.41) is 9.05. The van der Waals surface area contributed by atoms with Crippen molar-refractivity contribution < 1.29 is 9.90 Å². The summed E-state index contributed by atoms with van der Waals surface area (Å²) in [5.74, 6) is -0.295. The van der Waals surface area contributed by atoms with Crippen molar-refractivity contribution >= 4 is 11.9 Å². The van der Waals surface area contributed by atoms with Crippen molar-refractivity contribution in [3.8, 4) is 0 Å². The van der Waals surface area contributed by atoms with Gasteiger partial charge in [0.05, 0.1) is 5.92 Å². The number of carboxylic acids is 1. The van der Waals surface area contributed by atoms with Crippen LogP contribution in [-0.4, -0.2) is 35.1 Å². The van der Waals surface area contributed by atoms with Crippen molar-refractivity contribution in [1.82, 2.24) is 9.97 Å². The van der Waals surface area contributed by atoms with Crippen molar-refractivity contribution in [1.29, 1.82) is 0 Å². The van der Waals surface area contributed by atoms with Crippen LogP contribution in [0.15, 0.2) is 0 Å². The second-order valence-corrected chi connectivity index (χ2v) is 4.71. The number of anilines is 1. The van der Waals surface area contributed by atoms with Crippen LogP contribution in [0.25, 0.3) is 0 Å². The topological polar surface area (TPSA) is 66.3 Å². The molecule has 1 aliphatic carbocycles. The molecule has 0 amide bonds. The van der Waals surface area contributed by atoms with Crippen LogP contribution >= 0.6 is 0 Å². The highest BCUT2D eigenvalue weighted by Crippen LogP contribution is 2.27. The zero-order valence-electron chi connectivity index (χ0n) is 10.4. The third-order valence-electron chi connectivity index (χ3n) is 3.22. The van der Waals surface area contributed by atoms with E-state index in [0.29, 0.717) is 18.8 Å². The first kappa shape index (κ1) is 11.8. The molecule has 0 saturated heterocycles. The van der Waals surface area contributed by atoms with Gasteiger partial charge in [-0.3, -0.25) is 4.79 Å². The molecule has 2 rings (SSSR count). The number of rotatable bonds is 2. The lowest BCUT2D eigenvalue weighted by Crippen LogP contribution is -2.25. The third-order valence-corrected chi connectivity index (χ3v) is 3.22. The van der Waals surface area contributed by atoms with E-state index in [-0.39, 0.29) is 5.92 Å². The van der Waals surface area contributed by atoms with Gasteiger partial charge in [-0.1, -0.05) is 0 Å². The van der Waals surface area contributed by atoms with Crippen LogP contribution in [0.3, 0.4) is 0 Å². The SMILES string of the molecule is Cc1nc(N(C)C)nc2c1CC(C(=O)O)CC2. The van der Waals surface area contributed by atoms with Gasteiger partial charge >= 0.3 is 5.97 Å². The molecule has 1 aliphatic rings. The van der Waals surface area contributed by atoms with Crippen LogP contribution in [0, 0.1) is 12.8 Å². The zero-order chi connectivity index (χ0) is 12.6. The maximum absolute atomic E-state index is 11.0. The van der Waals surface area contributed by atoms with E-state index < -0.39 is 5.97 Å². The first-order valence-corrected chi connectivity index (χ1v) is 5.75. The Balaban J connectivity index is 2.37. The van der Waals surface area contributed by atoms with Gasteiger partial charge in [0.2, 0.25) is 5.95 Å². The Bertz CT molecular complexity index is 457. The van der Waals surface area contributed by atoms with E-state index >= 15 is 0 Å². The lowest BCUT2D eigenvalue weighted by Gasteiger charge is -2.23. The van der Waals surface area contributed by atoms with Crippen molar-refractivity contribution in [2.45, 2.75) is 26.2 Å². The molecule has 1 unspecified atom stereocenters. The van der Waals surface area contributed by atoms with Gasteiger partial charge < -0.3 is 10.0 Å². The van der Waals surface area contributed by atoms with Crippen LogP contribution < -0.4 is 4.90 Å². The van der Waals surface area contributed by atoms with Crippen LogP contribution in [0.1, 0.15) is 23.4 Å². The average molecular weight is 235 g/mol. The summed E-state index contributed by atoms with van der Waals surface area (Å²) in [4.78, 5) is 21.8. The Labute approximate surface area is 100 Å². The monoisotopic (exact) mass is 235 g/mol. The highest BCUT2D eigenvalue weighted by molar-refractivity contribution is 5.71. The zero-order valence-corrected chi connectivity index (χ0v) is 10.4. The van der Waals surface area contributed by atoms with Gasteiger partial charge in [0, 0.05) is 25.5 Å². The number of hydrogen-bond acceptors (Lipinski definition) is 4. The molecule has 1 aromatic heterocycles. The predicted molar refractivity (Wildman–Crippen MR) is 64.2 cm³/mol. The molecular formula is C12H17N3O2. The fourth-order valence-corrected chi connectivity index (χ4v) is 2.18. The van der Waals surface area contributed by atoms with Gasteiger partial charge in [0.1, 0.15) is 0 Å². The number of carboxylic acid groups (broad SMARTS) is 1. The van der Waals surface area contributed by atoms with Gasteiger partial charge in [0.25, 0.3) is 0 Å². The van der Waals surface area contributed by atoms with E-state index in [1.807, 2.05) is 25.9 Å². The average Bonchev–Trinajstić information content (AvgIpc) is 2.28. The first-order valence-electron chi connectivity index (χ1n) is 5.75. The number of carbonyl (C=O) groups is 1. The maximum atomic E-state index is 11.0. The predicted octanol–water partition coefficient (Wildman–Crippen LogP) is 1.04. The Morgan fingerprint density at radius 3 is 2.71 bits per heavy atom. The minimum Gasteiger partial charge on any atom is -0.481 e. The van der Waals surface area contributed by atoms with Crippen LogP contribution in [0.4, 0.5) is 5.95 Å². The number of aliphatic carboxylic acids is 1. The molecule has 0 spiro atoms. The highest BCUT2D eigenvalue weighted by Gasteiger charge is 2.27. The summed E-state index contributed by atoms with van der Waals surface area (Å²) >= 11 is 0. The molecule has 1 N–H and O–H groups in total. The lowest BCUT2D eigenvalue weighted by molar-refractivity contribution is -0.142. The highest BCUT2D eigenvalue weighted by atomic mass is 16.4. The quantitative estimate of drug-likeness (QED) is 0.829. The Morgan fingerprint density at radius 2 is 2.12 bits per heavy atom. The van der Waals surface area contributed by atoms with Crippen molar-refractivity contribution in [3.05, 3.63) is 17.0 Å². The summed E-state index contributed by atoms with van der Waals surface area (Å²) in [6.07, 6.45) is 1.96. The van der Waals surface area contributed by atoms with E-state index in [1.165, 1.54) is 0 Å². The first-order chi connectivity index (χ1) is 7.99. The summed E-state index contributed by atoms with van der Waals surface area (Å²) in [5.41, 5.74) is 2.94. The molecular weight excluding hydrogens is 218 g/mol. The normalized spacial score (nSPS) is 18.6. The minimum absolute atomic E-state index is 0.282. The van der Waals surface area contributed by atoms with Crippen molar-refractivity contribution in [2.75, 3.05) is 19.0 Å². The van der Waals surface area contributed by atoms with E-state index in [4.69, 9.17) is 5.11 Å². The standard InChI is InChI=1S/C12H17N3O2/c1-7-9-6-8(11(16)17)4-5-10(9)14-12(13-7)15(2)3/h8H,4-6H2,1-3H3,(H,16,17). The van der Waals surface area contributed by atoms with Crippen molar-refractivity contribution in [3.63, 3.8) is 0 Å². The van der Waals surface area contributed by atoms with E-state index in [2.05, 4.69) is 9.97 Å². The summed E-state index contributed by atoms with van der Waals surface area (Å²) in [6.45, 7) is 1.93. The van der Waals surface area contributed by atoms with E-state index in [1.54, 1.807) is 0 Å². The molecule has 5 heteroatoms. The summed E-state index contributed by atoms with van der Waals surface area (Å²) in [7, 11) is 3.81. The second-order valence-electron chi connectivity index (χ2n) is 4.71. The number of fused-ring (bicyclic) bond motifs is 1. The molecule has 0 saturated carbocycles. The van der Waals surface area contributed by atoms with E-state index in [9.17, 15) is 4.79 Å². The Hall–Kier alpha value is -1.65. The molecule has 5 nitrogen and oxygen atoms in total. The van der Waals surface area contributed by atoms with Gasteiger partial charge in [-0.15, -0.1) is 0 Å². The number of nitrogens with zero attached hydrogens (tertiary/aromatic N) is 3. The summed E-state index contributed by atoms with van der Waals surface area (Å²) < 4.78 is 0. The number of aromatic nitrogens is 2. The number of hydrogen-bond donors (Lipinski definition) is 1. The molecule has 1 heterocycles. The molecule has 17 heavy (non-hydrogen) atoms. The molecule has 1 aromatic rings. The Morgan fingerprint density at radius 1 is 1.41 bits per heavy atom. The maximum Gasteiger partial charge on any atom is 0.306 e. The van der Waals surface area contributed by atoms with Crippen LogP contribution in [0.5, 0.6) is 0 Å². The molecule has 0 aliphatic heterocycles. The fraction of sp³-hybridized carbons (Fsp3) is 0.583. The van der Waals surface area contributed by atoms with Gasteiger partial charge in [0.15, 0.2) is 0 Å². The Kier molecular flexibility index (Phi) is 3.00. The molecule has 0 fully saturated rings. The molecule has 1 atom stereocenters. The molecule has 92 valence electrons. The van der Waals surface area contributed by atoms with E-state index in [0.717, 1.165) is 23.4 Å². The largest absolute Gasteiger partial charge is 0.481 e. The fourth-order valence-electron chi connectivity index (χ4n) is 2.18. The van der Waals surface area contributed by atoms with Crippen molar-refractivity contribution in [2.24, 2.45) is 5.92 Å². The van der Waals surface area contributed by atoms with Gasteiger partial charge in [-0.25, -0.2) is 9.97 Å². The van der Waals surface area contributed by atoms with Crippen LogP contribution in [-0.2, 0) is 17.6 Å². The van der Waals surface area contributed by atoms with Gasteiger partial charge in [-0.05, 0) is 31.7 Å². The smallest absolute Gasteiger partial charge is 0.306 e. The lowest BCUT2D eigenvalue weighted by atomic mass is 9.86. The summed E-state index contributed by atoms with van der Waals surface area (Å²) in [6, 6.07) is 0. The minimum atomic E-state index is -0.716. The molecule has 0 radical (unpaired) electrons. The number of aryl methyl sites for hydroxylation is 2.